The van der Waals surface area contributed by atoms with Crippen molar-refractivity contribution in [2.24, 2.45) is 5.92 Å². The molecule has 1 atom stereocenters. The predicted molar refractivity (Wildman–Crippen MR) is 83.3 cm³/mol. The maximum Gasteiger partial charge on any atom is 0.251 e. The normalized spacial score (nSPS) is 19.6. The molecule has 0 radical (unpaired) electrons. The van der Waals surface area contributed by atoms with Gasteiger partial charge in [0.2, 0.25) is 0 Å². The third kappa shape index (κ3) is 3.51. The summed E-state index contributed by atoms with van der Waals surface area (Å²) in [7, 11) is 3.85. The third-order valence-electron chi connectivity index (χ3n) is 4.11. The Morgan fingerprint density at radius 3 is 2.95 bits per heavy atom. The standard InChI is InChI=1S/C16H25N3O/c1-12-14(16(20)17-2)7-4-8-15(12)18-10-13-6-5-9-19(3)11-13/h4,7-8,13,18H,5-6,9-11H2,1-3H3,(H,17,20). The zero-order chi connectivity index (χ0) is 14.5. The van der Waals surface area contributed by atoms with Crippen LogP contribution in [0.5, 0.6) is 0 Å². The largest absolute Gasteiger partial charge is 0.384 e. The second-order valence-corrected chi connectivity index (χ2v) is 5.71. The van der Waals surface area contributed by atoms with Crippen LogP contribution in [-0.4, -0.2) is 44.5 Å². The second kappa shape index (κ2) is 6.75. The number of carbonyl (C=O) groups is 1. The number of carbonyl (C=O) groups excluding carboxylic acids is 1. The molecular formula is C16H25N3O. The second-order valence-electron chi connectivity index (χ2n) is 5.71. The summed E-state index contributed by atoms with van der Waals surface area (Å²) in [6.07, 6.45) is 2.56. The van der Waals surface area contributed by atoms with Crippen LogP contribution in [0.3, 0.4) is 0 Å². The monoisotopic (exact) mass is 275 g/mol. The number of piperidine rings is 1. The molecular weight excluding hydrogens is 250 g/mol. The molecule has 20 heavy (non-hydrogen) atoms. The predicted octanol–water partition coefficient (Wildman–Crippen LogP) is 2.11. The van der Waals surface area contributed by atoms with E-state index in [1.54, 1.807) is 7.05 Å². The molecule has 1 aromatic rings. The first-order valence-corrected chi connectivity index (χ1v) is 7.36. The Bertz CT molecular complexity index is 473. The number of nitrogens with zero attached hydrogens (tertiary/aromatic N) is 1. The molecule has 1 fully saturated rings. The molecule has 0 bridgehead atoms. The van der Waals surface area contributed by atoms with Gasteiger partial charge < -0.3 is 15.5 Å². The average molecular weight is 275 g/mol. The minimum Gasteiger partial charge on any atom is -0.384 e. The minimum absolute atomic E-state index is 0.0245. The number of rotatable bonds is 4. The van der Waals surface area contributed by atoms with Crippen LogP contribution in [0.1, 0.15) is 28.8 Å². The molecule has 1 saturated heterocycles. The number of likely N-dealkylation sites (tertiary alicyclic amines) is 1. The van der Waals surface area contributed by atoms with E-state index in [1.165, 1.54) is 19.4 Å². The molecule has 0 aliphatic carbocycles. The summed E-state index contributed by atoms with van der Waals surface area (Å²) in [6.45, 7) is 5.34. The number of benzene rings is 1. The Hall–Kier alpha value is -1.55. The quantitative estimate of drug-likeness (QED) is 0.884. The zero-order valence-corrected chi connectivity index (χ0v) is 12.7. The number of anilines is 1. The number of nitrogens with one attached hydrogen (secondary N) is 2. The summed E-state index contributed by atoms with van der Waals surface area (Å²) < 4.78 is 0. The molecule has 1 aliphatic heterocycles. The van der Waals surface area contributed by atoms with Gasteiger partial charge in [-0.2, -0.15) is 0 Å². The topological polar surface area (TPSA) is 44.4 Å². The van der Waals surface area contributed by atoms with Crippen LogP contribution in [0.15, 0.2) is 18.2 Å². The van der Waals surface area contributed by atoms with E-state index in [0.717, 1.165) is 29.9 Å². The van der Waals surface area contributed by atoms with Crippen LogP contribution >= 0.6 is 0 Å². The van der Waals surface area contributed by atoms with E-state index in [1.807, 2.05) is 25.1 Å². The lowest BCUT2D eigenvalue weighted by atomic mass is 9.98. The van der Waals surface area contributed by atoms with Crippen molar-refractivity contribution in [3.63, 3.8) is 0 Å². The average Bonchev–Trinajstić information content (AvgIpc) is 2.45. The molecule has 2 rings (SSSR count). The molecule has 1 amide bonds. The molecule has 110 valence electrons. The van der Waals surface area contributed by atoms with E-state index in [9.17, 15) is 4.79 Å². The van der Waals surface area contributed by atoms with Crippen molar-refractivity contribution in [2.45, 2.75) is 19.8 Å². The fraction of sp³-hybridized carbons (Fsp3) is 0.562. The Kier molecular flexibility index (Phi) is 5.01. The van der Waals surface area contributed by atoms with Crippen molar-refractivity contribution < 1.29 is 4.79 Å². The van der Waals surface area contributed by atoms with Crippen molar-refractivity contribution in [1.82, 2.24) is 10.2 Å². The molecule has 0 saturated carbocycles. The fourth-order valence-electron chi connectivity index (χ4n) is 2.90. The lowest BCUT2D eigenvalue weighted by Crippen LogP contribution is -2.35. The number of amides is 1. The lowest BCUT2D eigenvalue weighted by Gasteiger charge is -2.30. The molecule has 1 aliphatic rings. The van der Waals surface area contributed by atoms with Crippen molar-refractivity contribution in [2.75, 3.05) is 39.0 Å². The van der Waals surface area contributed by atoms with E-state index in [2.05, 4.69) is 22.6 Å². The molecule has 1 aromatic carbocycles. The van der Waals surface area contributed by atoms with Crippen LogP contribution in [0.25, 0.3) is 0 Å². The van der Waals surface area contributed by atoms with Gasteiger partial charge in [-0.05, 0) is 57.0 Å². The van der Waals surface area contributed by atoms with E-state index in [4.69, 9.17) is 0 Å². The van der Waals surface area contributed by atoms with Gasteiger partial charge in [-0.25, -0.2) is 0 Å². The summed E-state index contributed by atoms with van der Waals surface area (Å²) in [5.41, 5.74) is 2.84. The molecule has 0 spiro atoms. The maximum atomic E-state index is 11.8. The first kappa shape index (κ1) is 14.9. The van der Waals surface area contributed by atoms with Crippen LogP contribution in [0.2, 0.25) is 0 Å². The smallest absolute Gasteiger partial charge is 0.251 e. The number of hydrogen-bond acceptors (Lipinski definition) is 3. The van der Waals surface area contributed by atoms with Gasteiger partial charge >= 0.3 is 0 Å². The summed E-state index contributed by atoms with van der Waals surface area (Å²) in [4.78, 5) is 14.2. The van der Waals surface area contributed by atoms with Gasteiger partial charge in [-0.3, -0.25) is 4.79 Å². The van der Waals surface area contributed by atoms with E-state index in [0.29, 0.717) is 5.92 Å². The highest BCUT2D eigenvalue weighted by atomic mass is 16.1. The van der Waals surface area contributed by atoms with Gasteiger partial charge in [-0.1, -0.05) is 6.07 Å². The summed E-state index contributed by atoms with van der Waals surface area (Å²) in [6, 6.07) is 5.86. The molecule has 4 heteroatoms. The zero-order valence-electron chi connectivity index (χ0n) is 12.7. The summed E-state index contributed by atoms with van der Waals surface area (Å²) >= 11 is 0. The van der Waals surface area contributed by atoms with Crippen molar-refractivity contribution >= 4 is 11.6 Å². The van der Waals surface area contributed by atoms with Gasteiger partial charge in [0, 0.05) is 31.4 Å². The highest BCUT2D eigenvalue weighted by molar-refractivity contribution is 5.96. The fourth-order valence-corrected chi connectivity index (χ4v) is 2.90. The molecule has 1 unspecified atom stereocenters. The van der Waals surface area contributed by atoms with Gasteiger partial charge in [0.05, 0.1) is 0 Å². The van der Waals surface area contributed by atoms with E-state index >= 15 is 0 Å². The van der Waals surface area contributed by atoms with Crippen molar-refractivity contribution in [3.8, 4) is 0 Å². The number of hydrogen-bond donors (Lipinski definition) is 2. The summed E-state index contributed by atoms with van der Waals surface area (Å²) in [5, 5.41) is 6.20. The Morgan fingerprint density at radius 1 is 1.45 bits per heavy atom. The van der Waals surface area contributed by atoms with Gasteiger partial charge in [-0.15, -0.1) is 0 Å². The SMILES string of the molecule is CNC(=O)c1cccc(NCC2CCCN(C)C2)c1C. The van der Waals surface area contributed by atoms with Crippen LogP contribution in [-0.2, 0) is 0 Å². The highest BCUT2D eigenvalue weighted by Crippen LogP contribution is 2.21. The first-order chi connectivity index (χ1) is 9.61. The lowest BCUT2D eigenvalue weighted by molar-refractivity contribution is 0.0962. The van der Waals surface area contributed by atoms with Gasteiger partial charge in [0.25, 0.3) is 5.91 Å². The third-order valence-corrected chi connectivity index (χ3v) is 4.11. The maximum absolute atomic E-state index is 11.8. The van der Waals surface area contributed by atoms with E-state index < -0.39 is 0 Å². The van der Waals surface area contributed by atoms with E-state index in [-0.39, 0.29) is 5.91 Å². The first-order valence-electron chi connectivity index (χ1n) is 7.36. The minimum atomic E-state index is -0.0245. The van der Waals surface area contributed by atoms with Crippen LogP contribution < -0.4 is 10.6 Å². The Morgan fingerprint density at radius 2 is 2.25 bits per heavy atom. The molecule has 1 heterocycles. The van der Waals surface area contributed by atoms with Crippen LogP contribution in [0.4, 0.5) is 5.69 Å². The summed E-state index contributed by atoms with van der Waals surface area (Å²) in [5.74, 6) is 0.667. The Balaban J connectivity index is 2.01. The Labute approximate surface area is 121 Å². The highest BCUT2D eigenvalue weighted by Gasteiger charge is 2.17. The molecule has 0 aromatic heterocycles. The van der Waals surface area contributed by atoms with Crippen molar-refractivity contribution in [3.05, 3.63) is 29.3 Å². The molecule has 4 nitrogen and oxygen atoms in total. The van der Waals surface area contributed by atoms with Crippen molar-refractivity contribution in [1.29, 1.82) is 0 Å². The molecule has 2 N–H and O–H groups in total. The van der Waals surface area contributed by atoms with Gasteiger partial charge in [0.1, 0.15) is 0 Å². The van der Waals surface area contributed by atoms with Crippen LogP contribution in [0, 0.1) is 12.8 Å². The van der Waals surface area contributed by atoms with Gasteiger partial charge in [0.15, 0.2) is 0 Å².